The summed E-state index contributed by atoms with van der Waals surface area (Å²) in [5, 5.41) is 9.49. The van der Waals surface area contributed by atoms with Crippen LogP contribution in [0.25, 0.3) is 0 Å². The molecule has 0 aromatic rings. The normalized spacial score (nSPS) is 13.1. The number of hydrogen-bond donors (Lipinski definition) is 1. The number of nitrogens with zero attached hydrogens (tertiary/aromatic N) is 1. The van der Waals surface area contributed by atoms with E-state index in [0.717, 1.165) is 38.5 Å². The maximum absolute atomic E-state index is 12.5. The first-order chi connectivity index (χ1) is 19.1. The number of carbonyl (C=O) groups is 3. The van der Waals surface area contributed by atoms with Crippen molar-refractivity contribution in [3.8, 4) is 0 Å². The number of carboxylic acids is 1. The molecule has 0 aromatic heterocycles. The van der Waals surface area contributed by atoms with Gasteiger partial charge in [-0.25, -0.2) is 4.79 Å². The summed E-state index contributed by atoms with van der Waals surface area (Å²) in [6, 6.07) is -0.604. The molecule has 8 nitrogen and oxygen atoms in total. The van der Waals surface area contributed by atoms with Crippen LogP contribution in [0.1, 0.15) is 136 Å². The van der Waals surface area contributed by atoms with E-state index in [-0.39, 0.29) is 36.2 Å². The zero-order valence-corrected chi connectivity index (χ0v) is 26.6. The van der Waals surface area contributed by atoms with Crippen molar-refractivity contribution in [2.45, 2.75) is 148 Å². The van der Waals surface area contributed by atoms with Crippen LogP contribution in [0, 0.1) is 0 Å². The first-order valence-electron chi connectivity index (χ1n) is 16.1. The van der Waals surface area contributed by atoms with Crippen molar-refractivity contribution in [2.75, 3.05) is 41.0 Å². The molecule has 0 aliphatic carbocycles. The van der Waals surface area contributed by atoms with Gasteiger partial charge in [-0.3, -0.25) is 9.59 Å². The van der Waals surface area contributed by atoms with Crippen LogP contribution in [-0.4, -0.2) is 80.6 Å². The number of esters is 2. The van der Waals surface area contributed by atoms with Gasteiger partial charge in [0.15, 0.2) is 12.1 Å². The third-order valence-electron chi connectivity index (χ3n) is 7.26. The maximum Gasteiger partial charge on any atom is 0.362 e. The van der Waals surface area contributed by atoms with E-state index in [1.54, 1.807) is 0 Å². The fourth-order valence-electron chi connectivity index (χ4n) is 4.68. The van der Waals surface area contributed by atoms with Crippen LogP contribution in [0.15, 0.2) is 0 Å². The fourth-order valence-corrected chi connectivity index (χ4v) is 4.68. The molecule has 0 saturated carbocycles. The molecule has 2 unspecified atom stereocenters. The van der Waals surface area contributed by atoms with Gasteiger partial charge in [-0.2, -0.15) is 0 Å². The largest absolute Gasteiger partial charge is 0.477 e. The number of ether oxygens (including phenoxy) is 3. The minimum Gasteiger partial charge on any atom is -0.477 e. The standard InChI is InChI=1S/C32H61NO7/c1-6-8-10-11-12-13-14-15-16-17-18-19-21-23-31(35)40-28(27-39-30(34)22-20-9-7-2)26-38-25-24-29(32(36)37)33(3,4)5/h28-29H,6-27H2,1-5H3/p+1. The Bertz CT molecular complexity index is 648. The second-order valence-electron chi connectivity index (χ2n) is 12.1. The summed E-state index contributed by atoms with van der Waals surface area (Å²) in [6.07, 6.45) is 19.2. The summed E-state index contributed by atoms with van der Waals surface area (Å²) in [5.41, 5.74) is 0. The van der Waals surface area contributed by atoms with Crippen molar-refractivity contribution in [2.24, 2.45) is 0 Å². The SMILES string of the molecule is CCCCCCCCCCCCCCCC(=O)OC(COCCC(C(=O)O)[N+](C)(C)C)COC(=O)CCCCC. The highest BCUT2D eigenvalue weighted by molar-refractivity contribution is 5.72. The highest BCUT2D eigenvalue weighted by Gasteiger charge is 2.31. The lowest BCUT2D eigenvalue weighted by atomic mass is 10.0. The second kappa shape index (κ2) is 25.1. The van der Waals surface area contributed by atoms with Crippen molar-refractivity contribution in [1.29, 1.82) is 0 Å². The summed E-state index contributed by atoms with van der Waals surface area (Å²) in [7, 11) is 5.49. The average Bonchev–Trinajstić information content (AvgIpc) is 2.88. The molecular weight excluding hydrogens is 510 g/mol. The Labute approximate surface area is 245 Å². The fraction of sp³-hybridized carbons (Fsp3) is 0.906. The first-order valence-corrected chi connectivity index (χ1v) is 16.1. The molecule has 0 heterocycles. The summed E-state index contributed by atoms with van der Waals surface area (Å²) >= 11 is 0. The molecular formula is C32H62NO7+. The Hall–Kier alpha value is -1.67. The second-order valence-corrected chi connectivity index (χ2v) is 12.1. The smallest absolute Gasteiger partial charge is 0.362 e. The van der Waals surface area contributed by atoms with Crippen molar-refractivity contribution < 1.29 is 38.2 Å². The van der Waals surface area contributed by atoms with Crippen LogP contribution >= 0.6 is 0 Å². The van der Waals surface area contributed by atoms with E-state index < -0.39 is 18.1 Å². The lowest BCUT2D eigenvalue weighted by Crippen LogP contribution is -2.50. The average molecular weight is 573 g/mol. The lowest BCUT2D eigenvalue weighted by Gasteiger charge is -2.31. The van der Waals surface area contributed by atoms with E-state index in [9.17, 15) is 19.5 Å². The third-order valence-corrected chi connectivity index (χ3v) is 7.26. The van der Waals surface area contributed by atoms with Gasteiger partial charge >= 0.3 is 17.9 Å². The van der Waals surface area contributed by atoms with E-state index in [1.807, 2.05) is 21.1 Å². The molecule has 0 aliphatic heterocycles. The van der Waals surface area contributed by atoms with Crippen LogP contribution in [0.3, 0.4) is 0 Å². The van der Waals surface area contributed by atoms with Gasteiger partial charge in [-0.15, -0.1) is 0 Å². The van der Waals surface area contributed by atoms with Gasteiger partial charge in [0.25, 0.3) is 0 Å². The minimum atomic E-state index is -0.877. The molecule has 0 rings (SSSR count). The predicted molar refractivity (Wildman–Crippen MR) is 160 cm³/mol. The molecule has 0 radical (unpaired) electrons. The minimum absolute atomic E-state index is 0.0486. The van der Waals surface area contributed by atoms with Gasteiger partial charge in [-0.1, -0.05) is 104 Å². The highest BCUT2D eigenvalue weighted by atomic mass is 16.6. The predicted octanol–water partition coefficient (Wildman–Crippen LogP) is 7.07. The molecule has 0 amide bonds. The quantitative estimate of drug-likeness (QED) is 0.0608. The topological polar surface area (TPSA) is 99.1 Å². The number of quaternary nitrogens is 1. The molecule has 1 N–H and O–H groups in total. The molecule has 2 atom stereocenters. The number of unbranched alkanes of at least 4 members (excludes halogenated alkanes) is 14. The van der Waals surface area contributed by atoms with Crippen molar-refractivity contribution >= 4 is 17.9 Å². The van der Waals surface area contributed by atoms with E-state index >= 15 is 0 Å². The van der Waals surface area contributed by atoms with Gasteiger partial charge in [0.05, 0.1) is 34.4 Å². The summed E-state index contributed by atoms with van der Waals surface area (Å²) in [6.45, 7) is 4.55. The number of hydrogen-bond acceptors (Lipinski definition) is 6. The molecule has 0 bridgehead atoms. The lowest BCUT2D eigenvalue weighted by molar-refractivity contribution is -0.887. The Balaban J connectivity index is 4.31. The summed E-state index contributed by atoms with van der Waals surface area (Å²) in [4.78, 5) is 36.1. The van der Waals surface area contributed by atoms with E-state index in [1.165, 1.54) is 64.2 Å². The van der Waals surface area contributed by atoms with Crippen LogP contribution in [0.4, 0.5) is 0 Å². The molecule has 40 heavy (non-hydrogen) atoms. The van der Waals surface area contributed by atoms with Crippen molar-refractivity contribution in [3.63, 3.8) is 0 Å². The van der Waals surface area contributed by atoms with Crippen LogP contribution in [0.5, 0.6) is 0 Å². The summed E-state index contributed by atoms with van der Waals surface area (Å²) in [5.74, 6) is -1.49. The van der Waals surface area contributed by atoms with Gasteiger partial charge in [0, 0.05) is 19.3 Å². The molecule has 0 spiro atoms. The number of carbonyl (C=O) groups excluding carboxylic acids is 2. The van der Waals surface area contributed by atoms with Crippen LogP contribution in [-0.2, 0) is 28.6 Å². The van der Waals surface area contributed by atoms with E-state index in [2.05, 4.69) is 13.8 Å². The monoisotopic (exact) mass is 572 g/mol. The molecule has 0 saturated heterocycles. The Morgan fingerprint density at radius 2 is 1.10 bits per heavy atom. The van der Waals surface area contributed by atoms with Crippen molar-refractivity contribution in [1.82, 2.24) is 0 Å². The Morgan fingerprint density at radius 1 is 0.650 bits per heavy atom. The van der Waals surface area contributed by atoms with Crippen LogP contribution < -0.4 is 0 Å². The first kappa shape index (κ1) is 38.3. The zero-order valence-electron chi connectivity index (χ0n) is 26.6. The molecule has 236 valence electrons. The Kier molecular flexibility index (Phi) is 24.0. The highest BCUT2D eigenvalue weighted by Crippen LogP contribution is 2.14. The third kappa shape index (κ3) is 23.1. The number of aliphatic carboxylic acids is 1. The zero-order chi connectivity index (χ0) is 30.1. The van der Waals surface area contributed by atoms with Gasteiger partial charge in [0.1, 0.15) is 6.61 Å². The van der Waals surface area contributed by atoms with Gasteiger partial charge < -0.3 is 23.8 Å². The number of likely N-dealkylation sites (N-methyl/N-ethyl adjacent to an activating group) is 1. The maximum atomic E-state index is 12.5. The van der Waals surface area contributed by atoms with Crippen LogP contribution in [0.2, 0.25) is 0 Å². The molecule has 0 aromatic carbocycles. The van der Waals surface area contributed by atoms with Crippen molar-refractivity contribution in [3.05, 3.63) is 0 Å². The van der Waals surface area contributed by atoms with E-state index in [0.29, 0.717) is 19.3 Å². The Morgan fingerprint density at radius 3 is 1.60 bits per heavy atom. The molecule has 8 heteroatoms. The van der Waals surface area contributed by atoms with Gasteiger partial charge in [-0.05, 0) is 12.8 Å². The summed E-state index contributed by atoms with van der Waals surface area (Å²) < 4.78 is 16.9. The van der Waals surface area contributed by atoms with E-state index in [4.69, 9.17) is 14.2 Å². The van der Waals surface area contributed by atoms with Gasteiger partial charge in [0.2, 0.25) is 0 Å². The number of carboxylic acid groups (broad SMARTS) is 1. The number of rotatable bonds is 28. The molecule has 0 fully saturated rings. The molecule has 0 aliphatic rings.